The minimum atomic E-state index is -1.99. The molecule has 0 aromatic rings. The second-order valence-corrected chi connectivity index (χ2v) is 27.8. The number of allylic oxidation sites excluding steroid dienone is 15. The van der Waals surface area contributed by atoms with Crippen LogP contribution in [0.25, 0.3) is 0 Å². The van der Waals surface area contributed by atoms with Crippen molar-refractivity contribution in [3.63, 3.8) is 0 Å². The second-order valence-electron chi connectivity index (χ2n) is 27.8. The lowest BCUT2D eigenvalue weighted by Gasteiger charge is -2.48. The summed E-state index contributed by atoms with van der Waals surface area (Å²) in [4.78, 5) is 13.5. The third kappa shape index (κ3) is 40.8. The summed E-state index contributed by atoms with van der Waals surface area (Å²) in [7, 11) is 0. The molecule has 578 valence electrons. The van der Waals surface area contributed by atoms with Crippen LogP contribution in [0.15, 0.2) is 97.2 Å². The van der Waals surface area contributed by atoms with Gasteiger partial charge < -0.3 is 89.9 Å². The topological polar surface area (TPSA) is 307 Å². The van der Waals surface area contributed by atoms with E-state index in [2.05, 4.69) is 104 Å². The van der Waals surface area contributed by atoms with E-state index in [1.165, 1.54) is 148 Å². The minimum Gasteiger partial charge on any atom is -0.394 e. The van der Waals surface area contributed by atoms with Gasteiger partial charge in [0.25, 0.3) is 0 Å². The van der Waals surface area contributed by atoms with Crippen LogP contribution in [0.1, 0.15) is 277 Å². The third-order valence-electron chi connectivity index (χ3n) is 19.1. The highest BCUT2D eigenvalue weighted by Gasteiger charge is 2.53. The van der Waals surface area contributed by atoms with Crippen molar-refractivity contribution >= 4 is 5.91 Å². The Hall–Kier alpha value is -3.29. The molecule has 100 heavy (non-hydrogen) atoms. The number of nitrogens with one attached hydrogen (secondary N) is 1. The fourth-order valence-corrected chi connectivity index (χ4v) is 12.8. The van der Waals surface area contributed by atoms with Crippen LogP contribution in [0.2, 0.25) is 0 Å². The summed E-state index contributed by atoms with van der Waals surface area (Å²) in [6.07, 6.45) is 55.3. The van der Waals surface area contributed by atoms with Gasteiger partial charge in [0.2, 0.25) is 5.91 Å². The van der Waals surface area contributed by atoms with Crippen molar-refractivity contribution in [2.24, 2.45) is 0 Å². The first kappa shape index (κ1) is 90.9. The predicted molar refractivity (Wildman–Crippen MR) is 397 cm³/mol. The normalized spacial score (nSPS) is 27.0. The van der Waals surface area contributed by atoms with Crippen LogP contribution in [0, 0.1) is 0 Å². The average molecular weight is 1420 g/mol. The number of carbonyl (C=O) groups excluding carboxylic acids is 1. The molecule has 19 nitrogen and oxygen atoms in total. The standard InChI is InChI=1S/C81H141NO18/c1-3-5-7-9-11-13-15-17-19-21-23-25-27-29-30-31-32-33-35-36-38-40-42-44-46-48-50-52-54-56-58-65(86)64(82-69(87)59-57-55-53-51-49-47-45-43-41-39-37-34-28-26-24-22-20-18-16-14-12-10-8-6-4-2)63-95-79-75(93)72(90)77(67(61-84)97-79)100-81-76(94)73(91)78(68(62-85)98-81)99-80-74(92)71(89)70(88)66(60-83)96-80/h6,8,12,14,18,20,24,26,34,37,41,43,48,50,56,58,64-68,70-81,83-86,88-94H,3-5,7,9-11,13,15-17,19,21-23,25,27-33,35-36,38-40,42,44-47,49,51-55,57,59-63H2,1-2H3,(H,82,87)/b8-6-,14-12-,20-18-,26-24-,37-34-,43-41-,50-48+,58-56+. The number of carbonyl (C=O) groups is 1. The van der Waals surface area contributed by atoms with Crippen LogP contribution >= 0.6 is 0 Å². The summed E-state index contributed by atoms with van der Waals surface area (Å²) in [6.45, 7) is 1.61. The number of hydrogen-bond donors (Lipinski definition) is 12. The fourth-order valence-electron chi connectivity index (χ4n) is 12.8. The molecule has 12 N–H and O–H groups in total. The van der Waals surface area contributed by atoms with Gasteiger partial charge in [-0.3, -0.25) is 4.79 Å². The zero-order valence-electron chi connectivity index (χ0n) is 61.6. The maximum Gasteiger partial charge on any atom is 0.220 e. The zero-order valence-corrected chi connectivity index (χ0v) is 61.6. The molecule has 0 aromatic heterocycles. The molecule has 0 radical (unpaired) electrons. The number of rotatable bonds is 61. The molecule has 17 unspecified atom stereocenters. The lowest BCUT2D eigenvalue weighted by Crippen LogP contribution is -2.66. The Bertz CT molecular complexity index is 2190. The van der Waals surface area contributed by atoms with Gasteiger partial charge in [0, 0.05) is 6.42 Å². The van der Waals surface area contributed by atoms with Crippen LogP contribution in [0.3, 0.4) is 0 Å². The largest absolute Gasteiger partial charge is 0.394 e. The summed E-state index contributed by atoms with van der Waals surface area (Å²) >= 11 is 0. The Morgan fingerprint density at radius 3 is 1.12 bits per heavy atom. The van der Waals surface area contributed by atoms with Crippen molar-refractivity contribution in [2.45, 2.75) is 381 Å². The Morgan fingerprint density at radius 2 is 0.700 bits per heavy atom. The smallest absolute Gasteiger partial charge is 0.220 e. The predicted octanol–water partition coefficient (Wildman–Crippen LogP) is 12.8. The first-order chi connectivity index (χ1) is 48.8. The molecule has 3 heterocycles. The van der Waals surface area contributed by atoms with E-state index in [4.69, 9.17) is 28.4 Å². The van der Waals surface area contributed by atoms with Gasteiger partial charge in [-0.25, -0.2) is 0 Å². The van der Waals surface area contributed by atoms with Gasteiger partial charge in [-0.05, 0) is 83.5 Å². The van der Waals surface area contributed by atoms with E-state index in [-0.39, 0.29) is 18.9 Å². The Balaban J connectivity index is 1.41. The Morgan fingerprint density at radius 1 is 0.370 bits per heavy atom. The molecule has 3 fully saturated rings. The van der Waals surface area contributed by atoms with Crippen LogP contribution in [-0.4, -0.2) is 193 Å². The quantitative estimate of drug-likeness (QED) is 0.0199. The molecule has 0 spiro atoms. The SMILES string of the molecule is CC/C=C\C/C=C\C/C=C\C/C=C\C/C=C\C/C=C\CCCCCCCCC(=O)NC(COC1OC(CO)C(OC2OC(CO)C(OC3OC(CO)C(O)C(O)C3O)C(O)C2O)C(O)C1O)C(O)/C=C/CC/C=C/CCCCCCCCCCCCCCCCCCCCCCCCCC. The van der Waals surface area contributed by atoms with Gasteiger partial charge in [0.15, 0.2) is 18.9 Å². The molecule has 1 amide bonds. The summed E-state index contributed by atoms with van der Waals surface area (Å²) in [5.41, 5.74) is 0. The zero-order chi connectivity index (χ0) is 72.5. The van der Waals surface area contributed by atoms with Crippen LogP contribution < -0.4 is 5.32 Å². The minimum absolute atomic E-state index is 0.213. The van der Waals surface area contributed by atoms with Crippen molar-refractivity contribution in [1.82, 2.24) is 5.32 Å². The Labute approximate surface area is 603 Å². The summed E-state index contributed by atoms with van der Waals surface area (Å²) in [5, 5.41) is 121. The van der Waals surface area contributed by atoms with E-state index in [9.17, 15) is 61.0 Å². The molecule has 3 rings (SSSR count). The number of aliphatic hydroxyl groups excluding tert-OH is 11. The molecule has 3 aliphatic heterocycles. The summed E-state index contributed by atoms with van der Waals surface area (Å²) in [5.74, 6) is -0.301. The number of hydrogen-bond acceptors (Lipinski definition) is 18. The Kier molecular flexibility index (Phi) is 55.4. The van der Waals surface area contributed by atoms with Crippen LogP contribution in [0.5, 0.6) is 0 Å². The molecule has 0 bridgehead atoms. The van der Waals surface area contributed by atoms with Crippen molar-refractivity contribution in [3.05, 3.63) is 97.2 Å². The number of amides is 1. The van der Waals surface area contributed by atoms with E-state index >= 15 is 0 Å². The number of ether oxygens (including phenoxy) is 6. The van der Waals surface area contributed by atoms with E-state index in [0.717, 1.165) is 96.3 Å². The van der Waals surface area contributed by atoms with Crippen molar-refractivity contribution in [1.29, 1.82) is 0 Å². The van der Waals surface area contributed by atoms with Gasteiger partial charge in [0.1, 0.15) is 73.2 Å². The maximum absolute atomic E-state index is 13.5. The van der Waals surface area contributed by atoms with Crippen molar-refractivity contribution in [3.8, 4) is 0 Å². The van der Waals surface area contributed by atoms with Gasteiger partial charge in [-0.1, -0.05) is 284 Å². The van der Waals surface area contributed by atoms with E-state index in [1.54, 1.807) is 6.08 Å². The van der Waals surface area contributed by atoms with Gasteiger partial charge >= 0.3 is 0 Å². The van der Waals surface area contributed by atoms with Crippen molar-refractivity contribution < 1.29 is 89.4 Å². The lowest BCUT2D eigenvalue weighted by molar-refractivity contribution is -0.379. The molecule has 3 saturated heterocycles. The molecule has 3 aliphatic rings. The maximum atomic E-state index is 13.5. The molecule has 0 saturated carbocycles. The molecule has 19 heteroatoms. The highest BCUT2D eigenvalue weighted by atomic mass is 16.8. The molecular weight excluding hydrogens is 1270 g/mol. The highest BCUT2D eigenvalue weighted by Crippen LogP contribution is 2.33. The van der Waals surface area contributed by atoms with E-state index < -0.39 is 124 Å². The van der Waals surface area contributed by atoms with Gasteiger partial charge in [0.05, 0.1) is 38.6 Å². The second kappa shape index (κ2) is 60.9. The fraction of sp³-hybridized carbons (Fsp3) is 0.790. The lowest BCUT2D eigenvalue weighted by atomic mass is 9.96. The van der Waals surface area contributed by atoms with Crippen LogP contribution in [-0.2, 0) is 33.2 Å². The average Bonchev–Trinajstić information content (AvgIpc) is 0.783. The summed E-state index contributed by atoms with van der Waals surface area (Å²) in [6, 6.07) is -1.01. The molecular formula is C81H141NO18. The van der Waals surface area contributed by atoms with E-state index in [0.29, 0.717) is 12.8 Å². The van der Waals surface area contributed by atoms with Crippen LogP contribution in [0.4, 0.5) is 0 Å². The monoisotopic (exact) mass is 1420 g/mol. The van der Waals surface area contributed by atoms with Gasteiger partial charge in [-0.2, -0.15) is 0 Å². The third-order valence-corrected chi connectivity index (χ3v) is 19.1. The summed E-state index contributed by atoms with van der Waals surface area (Å²) < 4.78 is 34.4. The molecule has 0 aromatic carbocycles. The van der Waals surface area contributed by atoms with Crippen molar-refractivity contribution in [2.75, 3.05) is 26.4 Å². The highest BCUT2D eigenvalue weighted by molar-refractivity contribution is 5.76. The molecule has 0 aliphatic carbocycles. The molecule has 17 atom stereocenters. The first-order valence-electron chi connectivity index (χ1n) is 39.5. The number of unbranched alkanes of at least 4 members (excludes halogenated alkanes) is 31. The first-order valence-corrected chi connectivity index (χ1v) is 39.5. The van der Waals surface area contributed by atoms with E-state index in [1.807, 2.05) is 6.08 Å². The van der Waals surface area contributed by atoms with Gasteiger partial charge in [-0.15, -0.1) is 0 Å². The number of aliphatic hydroxyl groups is 11.